The molecule has 0 saturated heterocycles. The lowest BCUT2D eigenvalue weighted by molar-refractivity contribution is -0.148. The number of carbonyl (C=O) groups excluding carboxylic acids is 1. The summed E-state index contributed by atoms with van der Waals surface area (Å²) in [6.07, 6.45) is 2.43. The molecule has 0 aromatic heterocycles. The first-order chi connectivity index (χ1) is 12.8. The van der Waals surface area contributed by atoms with E-state index in [9.17, 15) is 4.79 Å². The lowest BCUT2D eigenvalue weighted by Crippen LogP contribution is -2.23. The van der Waals surface area contributed by atoms with Crippen LogP contribution in [-0.2, 0) is 28.8 Å². The van der Waals surface area contributed by atoms with Gasteiger partial charge < -0.3 is 4.74 Å². The molecule has 0 aliphatic rings. The third-order valence-corrected chi connectivity index (χ3v) is 4.37. The predicted octanol–water partition coefficient (Wildman–Crippen LogP) is 5.02. The Kier molecular flexibility index (Phi) is 6.60. The van der Waals surface area contributed by atoms with Crippen LogP contribution in [-0.4, -0.2) is 12.1 Å². The van der Waals surface area contributed by atoms with Crippen molar-refractivity contribution in [2.24, 2.45) is 0 Å². The second kappa shape index (κ2) is 9.57. The minimum atomic E-state index is -0.150. The topological polar surface area (TPSA) is 26.3 Å². The summed E-state index contributed by atoms with van der Waals surface area (Å²) in [7, 11) is 0. The standard InChI is InChI=1S/C24H24O2/c25-24(17-16-20-10-4-1-5-11-20)26-23(18-21-12-6-2-7-13-21)19-22-14-8-3-9-15-22/h1-15,23H,16-19H2. The smallest absolute Gasteiger partial charge is 0.306 e. The van der Waals surface area contributed by atoms with Gasteiger partial charge >= 0.3 is 5.97 Å². The van der Waals surface area contributed by atoms with E-state index in [0.29, 0.717) is 12.8 Å². The summed E-state index contributed by atoms with van der Waals surface area (Å²) in [5.41, 5.74) is 3.53. The number of ether oxygens (including phenoxy) is 1. The number of esters is 1. The maximum Gasteiger partial charge on any atom is 0.306 e. The molecule has 3 aromatic rings. The van der Waals surface area contributed by atoms with Gasteiger partial charge in [0.2, 0.25) is 0 Å². The summed E-state index contributed by atoms with van der Waals surface area (Å²) in [4.78, 5) is 12.4. The fourth-order valence-corrected chi connectivity index (χ4v) is 3.05. The molecule has 3 rings (SSSR count). The molecule has 2 nitrogen and oxygen atoms in total. The van der Waals surface area contributed by atoms with Gasteiger partial charge in [-0.25, -0.2) is 0 Å². The Hall–Kier alpha value is -2.87. The Morgan fingerprint density at radius 2 is 1.08 bits per heavy atom. The van der Waals surface area contributed by atoms with E-state index in [4.69, 9.17) is 4.74 Å². The Bertz CT molecular complexity index is 741. The molecule has 0 heterocycles. The van der Waals surface area contributed by atoms with E-state index < -0.39 is 0 Å². The van der Waals surface area contributed by atoms with Gasteiger partial charge in [-0.1, -0.05) is 91.0 Å². The molecule has 0 fully saturated rings. The van der Waals surface area contributed by atoms with Crippen LogP contribution in [0.15, 0.2) is 91.0 Å². The molecule has 0 amide bonds. The molecule has 0 bridgehead atoms. The van der Waals surface area contributed by atoms with Gasteiger partial charge in [0.25, 0.3) is 0 Å². The third-order valence-electron chi connectivity index (χ3n) is 4.37. The SMILES string of the molecule is O=C(CCc1ccccc1)OC(Cc1ccccc1)Cc1ccccc1. The van der Waals surface area contributed by atoms with E-state index in [0.717, 1.165) is 18.4 Å². The number of hydrogen-bond acceptors (Lipinski definition) is 2. The fourth-order valence-electron chi connectivity index (χ4n) is 3.05. The highest BCUT2D eigenvalue weighted by Gasteiger charge is 2.16. The second-order valence-corrected chi connectivity index (χ2v) is 6.48. The van der Waals surface area contributed by atoms with Gasteiger partial charge in [-0.15, -0.1) is 0 Å². The lowest BCUT2D eigenvalue weighted by atomic mass is 10.0. The highest BCUT2D eigenvalue weighted by molar-refractivity contribution is 5.70. The highest BCUT2D eigenvalue weighted by Crippen LogP contribution is 2.14. The van der Waals surface area contributed by atoms with E-state index in [-0.39, 0.29) is 12.1 Å². The highest BCUT2D eigenvalue weighted by atomic mass is 16.5. The normalized spacial score (nSPS) is 10.7. The summed E-state index contributed by atoms with van der Waals surface area (Å²) < 4.78 is 5.84. The van der Waals surface area contributed by atoms with Crippen LogP contribution in [0.1, 0.15) is 23.1 Å². The molecule has 26 heavy (non-hydrogen) atoms. The van der Waals surface area contributed by atoms with Crippen molar-refractivity contribution >= 4 is 5.97 Å². The summed E-state index contributed by atoms with van der Waals surface area (Å²) in [5.74, 6) is -0.134. The Labute approximate surface area is 155 Å². The lowest BCUT2D eigenvalue weighted by Gasteiger charge is -2.18. The van der Waals surface area contributed by atoms with Gasteiger partial charge in [0.1, 0.15) is 6.10 Å². The van der Waals surface area contributed by atoms with E-state index in [1.54, 1.807) is 0 Å². The van der Waals surface area contributed by atoms with Crippen LogP contribution in [0.2, 0.25) is 0 Å². The van der Waals surface area contributed by atoms with Crippen molar-refractivity contribution in [2.45, 2.75) is 31.8 Å². The Morgan fingerprint density at radius 1 is 0.654 bits per heavy atom. The number of carbonyl (C=O) groups is 1. The molecule has 0 saturated carbocycles. The van der Waals surface area contributed by atoms with Crippen molar-refractivity contribution in [1.29, 1.82) is 0 Å². The van der Waals surface area contributed by atoms with Crippen LogP contribution in [0.25, 0.3) is 0 Å². The van der Waals surface area contributed by atoms with Crippen molar-refractivity contribution in [1.82, 2.24) is 0 Å². The minimum absolute atomic E-state index is 0.134. The van der Waals surface area contributed by atoms with Crippen molar-refractivity contribution in [3.05, 3.63) is 108 Å². The molecule has 3 aromatic carbocycles. The molecule has 0 N–H and O–H groups in total. The molecule has 0 aliphatic heterocycles. The molecule has 0 aliphatic carbocycles. The van der Waals surface area contributed by atoms with Gasteiger partial charge in [0.15, 0.2) is 0 Å². The number of benzene rings is 3. The van der Waals surface area contributed by atoms with Gasteiger partial charge in [-0.2, -0.15) is 0 Å². The van der Waals surface area contributed by atoms with Crippen LogP contribution in [0, 0.1) is 0 Å². The van der Waals surface area contributed by atoms with Crippen molar-refractivity contribution in [3.63, 3.8) is 0 Å². The van der Waals surface area contributed by atoms with Crippen LogP contribution >= 0.6 is 0 Å². The summed E-state index contributed by atoms with van der Waals surface area (Å²) in [6.45, 7) is 0. The van der Waals surface area contributed by atoms with Crippen molar-refractivity contribution in [3.8, 4) is 0 Å². The first-order valence-electron chi connectivity index (χ1n) is 9.11. The minimum Gasteiger partial charge on any atom is -0.462 e. The van der Waals surface area contributed by atoms with E-state index in [1.165, 1.54) is 11.1 Å². The molecule has 2 heteroatoms. The van der Waals surface area contributed by atoms with Gasteiger partial charge in [0.05, 0.1) is 0 Å². The Morgan fingerprint density at radius 3 is 1.54 bits per heavy atom. The zero-order chi connectivity index (χ0) is 18.0. The maximum atomic E-state index is 12.4. The monoisotopic (exact) mass is 344 g/mol. The van der Waals surface area contributed by atoms with E-state index in [1.807, 2.05) is 66.7 Å². The maximum absolute atomic E-state index is 12.4. The average Bonchev–Trinajstić information content (AvgIpc) is 2.69. The average molecular weight is 344 g/mol. The molecular weight excluding hydrogens is 320 g/mol. The van der Waals surface area contributed by atoms with Gasteiger partial charge in [0, 0.05) is 19.3 Å². The van der Waals surface area contributed by atoms with Gasteiger partial charge in [-0.05, 0) is 23.1 Å². The van der Waals surface area contributed by atoms with Crippen LogP contribution in [0.5, 0.6) is 0 Å². The Balaban J connectivity index is 1.61. The zero-order valence-corrected chi connectivity index (χ0v) is 14.9. The van der Waals surface area contributed by atoms with Crippen molar-refractivity contribution in [2.75, 3.05) is 0 Å². The summed E-state index contributed by atoms with van der Waals surface area (Å²) in [6, 6.07) is 30.5. The van der Waals surface area contributed by atoms with Crippen LogP contribution in [0.3, 0.4) is 0 Å². The molecule has 0 radical (unpaired) electrons. The fraction of sp³-hybridized carbons (Fsp3) is 0.208. The van der Waals surface area contributed by atoms with Crippen LogP contribution in [0.4, 0.5) is 0 Å². The van der Waals surface area contributed by atoms with E-state index >= 15 is 0 Å². The first kappa shape index (κ1) is 17.9. The molecule has 132 valence electrons. The largest absolute Gasteiger partial charge is 0.462 e. The van der Waals surface area contributed by atoms with Crippen molar-refractivity contribution < 1.29 is 9.53 Å². The summed E-state index contributed by atoms with van der Waals surface area (Å²) >= 11 is 0. The summed E-state index contributed by atoms with van der Waals surface area (Å²) in [5, 5.41) is 0. The van der Waals surface area contributed by atoms with Crippen LogP contribution < -0.4 is 0 Å². The van der Waals surface area contributed by atoms with E-state index in [2.05, 4.69) is 24.3 Å². The molecular formula is C24H24O2. The number of hydrogen-bond donors (Lipinski definition) is 0. The zero-order valence-electron chi connectivity index (χ0n) is 14.9. The quantitative estimate of drug-likeness (QED) is 0.537. The molecule has 0 unspecified atom stereocenters. The predicted molar refractivity (Wildman–Crippen MR) is 105 cm³/mol. The number of rotatable bonds is 8. The number of aryl methyl sites for hydroxylation is 1. The first-order valence-corrected chi connectivity index (χ1v) is 9.11. The third kappa shape index (κ3) is 5.89. The second-order valence-electron chi connectivity index (χ2n) is 6.48. The molecule has 0 atom stereocenters. The van der Waals surface area contributed by atoms with Gasteiger partial charge in [-0.3, -0.25) is 4.79 Å². The molecule has 0 spiro atoms.